The third-order valence-electron chi connectivity index (χ3n) is 2.34. The smallest absolute Gasteiger partial charge is 0.200 e. The summed E-state index contributed by atoms with van der Waals surface area (Å²) in [5.74, 6) is -0.00623. The largest absolute Gasteiger partial charge is 0.507 e. The van der Waals surface area contributed by atoms with E-state index in [1.54, 1.807) is 0 Å². The minimum atomic E-state index is -3.38. The van der Waals surface area contributed by atoms with Crippen molar-refractivity contribution >= 4 is 15.4 Å². The minimum Gasteiger partial charge on any atom is -0.507 e. The fraction of sp³-hybridized carbons (Fsp3) is 0.200. The lowest BCUT2D eigenvalue weighted by atomic mass is 10.0. The van der Waals surface area contributed by atoms with Crippen LogP contribution in [0.4, 0.5) is 0 Å². The molecule has 0 atom stereocenters. The maximum atomic E-state index is 11.7. The minimum absolute atomic E-state index is 0.00623. The second kappa shape index (κ2) is 3.36. The van der Waals surface area contributed by atoms with Gasteiger partial charge in [0, 0.05) is 11.0 Å². The van der Waals surface area contributed by atoms with E-state index >= 15 is 0 Å². The van der Waals surface area contributed by atoms with Crippen molar-refractivity contribution in [3.05, 3.63) is 29.2 Å². The third-order valence-corrected chi connectivity index (χ3v) is 3.89. The molecule has 15 heavy (non-hydrogen) atoms. The summed E-state index contributed by atoms with van der Waals surface area (Å²) in [5.41, 5.74) is 6.38. The van der Waals surface area contributed by atoms with Crippen LogP contribution < -0.4 is 5.73 Å². The summed E-state index contributed by atoms with van der Waals surface area (Å²) >= 11 is 0. The Bertz CT molecular complexity index is 532. The molecular weight excluding hydrogens is 214 g/mol. The van der Waals surface area contributed by atoms with Crippen LogP contribution in [0.15, 0.2) is 28.5 Å². The van der Waals surface area contributed by atoms with E-state index in [1.807, 2.05) is 0 Å². The second-order valence-electron chi connectivity index (χ2n) is 3.38. The van der Waals surface area contributed by atoms with Crippen LogP contribution >= 0.6 is 0 Å². The number of fused-ring (bicyclic) bond motifs is 1. The molecule has 3 N–H and O–H groups in total. The average Bonchev–Trinajstić information content (AvgIpc) is 2.41. The molecule has 0 unspecified atom stereocenters. The fourth-order valence-electron chi connectivity index (χ4n) is 1.73. The number of sulfone groups is 1. The van der Waals surface area contributed by atoms with E-state index < -0.39 is 9.84 Å². The van der Waals surface area contributed by atoms with Gasteiger partial charge in [-0.05, 0) is 30.7 Å². The molecule has 0 aromatic heterocycles. The lowest BCUT2D eigenvalue weighted by Crippen LogP contribution is -1.99. The molecule has 1 aromatic rings. The maximum Gasteiger partial charge on any atom is 0.200 e. The van der Waals surface area contributed by atoms with Gasteiger partial charge in [0.2, 0.25) is 9.84 Å². The van der Waals surface area contributed by atoms with Crippen molar-refractivity contribution in [2.24, 2.45) is 5.73 Å². The average molecular weight is 225 g/mol. The van der Waals surface area contributed by atoms with Crippen LogP contribution in [0.25, 0.3) is 5.57 Å². The standard InChI is InChI=1S/C10H11NO3S/c11-5-4-7-6-15(13,14)9-3-1-2-8(12)10(7)9/h1-3,6,12H,4-5,11H2. The lowest BCUT2D eigenvalue weighted by Gasteiger charge is -2.04. The van der Waals surface area contributed by atoms with Crippen LogP contribution in [0.2, 0.25) is 0 Å². The van der Waals surface area contributed by atoms with Gasteiger partial charge in [0.05, 0.1) is 4.90 Å². The Morgan fingerprint density at radius 1 is 1.33 bits per heavy atom. The van der Waals surface area contributed by atoms with E-state index in [2.05, 4.69) is 0 Å². The van der Waals surface area contributed by atoms with Crippen molar-refractivity contribution in [3.63, 3.8) is 0 Å². The molecule has 0 bridgehead atoms. The molecule has 4 nitrogen and oxygen atoms in total. The first-order chi connectivity index (χ1) is 7.06. The zero-order valence-corrected chi connectivity index (χ0v) is 8.79. The molecule has 1 aliphatic rings. The quantitative estimate of drug-likeness (QED) is 0.782. The van der Waals surface area contributed by atoms with Crippen molar-refractivity contribution in [3.8, 4) is 5.75 Å². The van der Waals surface area contributed by atoms with Crippen molar-refractivity contribution < 1.29 is 13.5 Å². The van der Waals surface area contributed by atoms with Gasteiger partial charge in [0.15, 0.2) is 0 Å². The van der Waals surface area contributed by atoms with E-state index in [-0.39, 0.29) is 10.6 Å². The van der Waals surface area contributed by atoms with Crippen molar-refractivity contribution in [2.75, 3.05) is 6.54 Å². The van der Waals surface area contributed by atoms with E-state index in [0.29, 0.717) is 24.1 Å². The Kier molecular flexibility index (Phi) is 2.28. The molecular formula is C10H11NO3S. The van der Waals surface area contributed by atoms with Crippen molar-refractivity contribution in [2.45, 2.75) is 11.3 Å². The molecule has 0 saturated carbocycles. The van der Waals surface area contributed by atoms with E-state index in [4.69, 9.17) is 5.73 Å². The molecule has 80 valence electrons. The van der Waals surface area contributed by atoms with Gasteiger partial charge in [0.1, 0.15) is 5.75 Å². The van der Waals surface area contributed by atoms with E-state index in [0.717, 1.165) is 0 Å². The SMILES string of the molecule is NCCC1=CS(=O)(=O)c2cccc(O)c21. The number of nitrogens with two attached hydrogens (primary N) is 1. The predicted molar refractivity (Wildman–Crippen MR) is 56.9 cm³/mol. The highest BCUT2D eigenvalue weighted by Gasteiger charge is 2.28. The number of benzene rings is 1. The second-order valence-corrected chi connectivity index (χ2v) is 5.14. The van der Waals surface area contributed by atoms with Crippen LogP contribution in [0.5, 0.6) is 5.75 Å². The predicted octanol–water partition coefficient (Wildman–Crippen LogP) is 0.869. The van der Waals surface area contributed by atoms with Gasteiger partial charge in [-0.25, -0.2) is 8.42 Å². The Balaban J connectivity index is 2.69. The molecule has 0 aliphatic carbocycles. The van der Waals surface area contributed by atoms with Gasteiger partial charge in [0.25, 0.3) is 0 Å². The van der Waals surface area contributed by atoms with Gasteiger partial charge >= 0.3 is 0 Å². The topological polar surface area (TPSA) is 80.4 Å². The first-order valence-corrected chi connectivity index (χ1v) is 6.09. The number of phenolic OH excluding ortho intramolecular Hbond substituents is 1. The van der Waals surface area contributed by atoms with E-state index in [9.17, 15) is 13.5 Å². The molecule has 1 aliphatic heterocycles. The number of hydrogen-bond donors (Lipinski definition) is 2. The summed E-state index contributed by atoms with van der Waals surface area (Å²) in [5, 5.41) is 10.8. The zero-order valence-electron chi connectivity index (χ0n) is 7.97. The Labute approximate surface area is 88.0 Å². The highest BCUT2D eigenvalue weighted by atomic mass is 32.2. The molecule has 2 rings (SSSR count). The molecule has 5 heteroatoms. The van der Waals surface area contributed by atoms with E-state index in [1.165, 1.54) is 23.6 Å². The number of hydrogen-bond acceptors (Lipinski definition) is 4. The molecule has 0 saturated heterocycles. The molecule has 0 amide bonds. The summed E-state index contributed by atoms with van der Waals surface area (Å²) in [6, 6.07) is 4.49. The van der Waals surface area contributed by atoms with Crippen molar-refractivity contribution in [1.29, 1.82) is 0 Å². The summed E-state index contributed by atoms with van der Waals surface area (Å²) in [7, 11) is -3.38. The summed E-state index contributed by atoms with van der Waals surface area (Å²) in [6.45, 7) is 0.356. The van der Waals surface area contributed by atoms with Crippen LogP contribution in [-0.2, 0) is 9.84 Å². The van der Waals surface area contributed by atoms with Gasteiger partial charge < -0.3 is 10.8 Å². The van der Waals surface area contributed by atoms with Gasteiger partial charge in [-0.1, -0.05) is 6.07 Å². The van der Waals surface area contributed by atoms with Gasteiger partial charge in [-0.15, -0.1) is 0 Å². The number of aromatic hydroxyl groups is 1. The molecule has 0 spiro atoms. The lowest BCUT2D eigenvalue weighted by molar-refractivity contribution is 0.471. The first-order valence-electron chi connectivity index (χ1n) is 4.54. The Hall–Kier alpha value is -1.33. The van der Waals surface area contributed by atoms with Crippen LogP contribution in [0, 0.1) is 0 Å². The summed E-state index contributed by atoms with van der Waals surface area (Å²) in [6.07, 6.45) is 0.448. The fourth-order valence-corrected chi connectivity index (χ4v) is 3.25. The van der Waals surface area contributed by atoms with Gasteiger partial charge in [-0.2, -0.15) is 0 Å². The van der Waals surface area contributed by atoms with Crippen LogP contribution in [0.3, 0.4) is 0 Å². The summed E-state index contributed by atoms with van der Waals surface area (Å²) < 4.78 is 23.3. The Morgan fingerprint density at radius 3 is 2.73 bits per heavy atom. The van der Waals surface area contributed by atoms with Crippen LogP contribution in [0.1, 0.15) is 12.0 Å². The monoisotopic (exact) mass is 225 g/mol. The highest BCUT2D eigenvalue weighted by molar-refractivity contribution is 7.95. The molecule has 1 heterocycles. The van der Waals surface area contributed by atoms with Crippen molar-refractivity contribution in [1.82, 2.24) is 0 Å². The zero-order chi connectivity index (χ0) is 11.1. The van der Waals surface area contributed by atoms with Gasteiger partial charge in [-0.3, -0.25) is 0 Å². The Morgan fingerprint density at radius 2 is 2.07 bits per heavy atom. The normalized spacial score (nSPS) is 17.3. The highest BCUT2D eigenvalue weighted by Crippen LogP contribution is 2.40. The summed E-state index contributed by atoms with van der Waals surface area (Å²) in [4.78, 5) is 0.172. The molecule has 0 radical (unpaired) electrons. The number of phenols is 1. The third kappa shape index (κ3) is 1.53. The molecule has 1 aromatic carbocycles. The number of rotatable bonds is 2. The van der Waals surface area contributed by atoms with Crippen LogP contribution in [-0.4, -0.2) is 20.1 Å². The molecule has 0 fully saturated rings. The first kappa shape index (κ1) is 10.2. The maximum absolute atomic E-state index is 11.7.